The summed E-state index contributed by atoms with van der Waals surface area (Å²) >= 11 is 8.78. The van der Waals surface area contributed by atoms with E-state index in [1.54, 1.807) is 30.3 Å². The summed E-state index contributed by atoms with van der Waals surface area (Å²) in [5, 5.41) is 5.83. The number of ether oxygens (including phenoxy) is 1. The average Bonchev–Trinajstić information content (AvgIpc) is 3.04. The van der Waals surface area contributed by atoms with Crippen molar-refractivity contribution in [3.05, 3.63) is 58.1 Å². The monoisotopic (exact) mass is 517 g/mol. The number of thiocarbonyl (C=S) groups is 1. The Hall–Kier alpha value is -2.45. The molecule has 2 aromatic carbocycles. The van der Waals surface area contributed by atoms with Gasteiger partial charge in [-0.2, -0.15) is 0 Å². The minimum absolute atomic E-state index is 0.0196. The number of likely N-dealkylation sites (tertiary alicyclic amines) is 1. The first-order valence-electron chi connectivity index (χ1n) is 10.8. The summed E-state index contributed by atoms with van der Waals surface area (Å²) in [7, 11) is 0. The molecule has 1 heterocycles. The van der Waals surface area contributed by atoms with Gasteiger partial charge < -0.3 is 15.0 Å². The summed E-state index contributed by atoms with van der Waals surface area (Å²) in [6.07, 6.45) is 4.37. The number of anilines is 1. The van der Waals surface area contributed by atoms with Crippen molar-refractivity contribution in [1.82, 2.24) is 10.2 Å². The van der Waals surface area contributed by atoms with E-state index in [9.17, 15) is 9.59 Å². The molecule has 170 valence electrons. The maximum Gasteiger partial charge on any atom is 0.257 e. The topological polar surface area (TPSA) is 70.7 Å². The Morgan fingerprint density at radius 3 is 2.41 bits per heavy atom. The Kier molecular flexibility index (Phi) is 8.64. The highest BCUT2D eigenvalue weighted by Gasteiger charge is 2.20. The van der Waals surface area contributed by atoms with Gasteiger partial charge in [0.05, 0.1) is 21.8 Å². The SMILES string of the molecule is CC(C)Oc1ccc(C(=O)NC(=S)Nc2ccccc2C(=O)N2CCCCCC2)cc1Br. The molecule has 1 saturated heterocycles. The Morgan fingerprint density at radius 2 is 1.75 bits per heavy atom. The maximum absolute atomic E-state index is 13.1. The molecule has 0 spiro atoms. The third kappa shape index (κ3) is 6.53. The molecule has 1 aliphatic heterocycles. The number of nitrogens with zero attached hydrogens (tertiary/aromatic N) is 1. The van der Waals surface area contributed by atoms with Gasteiger partial charge in [-0.05, 0) is 85.2 Å². The van der Waals surface area contributed by atoms with E-state index in [1.165, 1.54) is 0 Å². The molecule has 2 aromatic rings. The second kappa shape index (κ2) is 11.4. The summed E-state index contributed by atoms with van der Waals surface area (Å²) < 4.78 is 6.37. The van der Waals surface area contributed by atoms with E-state index in [0.717, 1.165) is 38.8 Å². The molecule has 6 nitrogen and oxygen atoms in total. The fraction of sp³-hybridized carbons (Fsp3) is 0.375. The second-order valence-electron chi connectivity index (χ2n) is 7.97. The van der Waals surface area contributed by atoms with Crippen LogP contribution in [0.25, 0.3) is 0 Å². The molecular weight excluding hydrogens is 490 g/mol. The number of amides is 2. The van der Waals surface area contributed by atoms with Crippen molar-refractivity contribution in [2.45, 2.75) is 45.6 Å². The summed E-state index contributed by atoms with van der Waals surface area (Å²) in [4.78, 5) is 27.6. The summed E-state index contributed by atoms with van der Waals surface area (Å²) in [5.74, 6) is 0.294. The van der Waals surface area contributed by atoms with E-state index in [-0.39, 0.29) is 23.0 Å². The van der Waals surface area contributed by atoms with Crippen LogP contribution < -0.4 is 15.4 Å². The van der Waals surface area contributed by atoms with Crippen LogP contribution in [0.4, 0.5) is 5.69 Å². The number of carbonyl (C=O) groups excluding carboxylic acids is 2. The van der Waals surface area contributed by atoms with E-state index in [0.29, 0.717) is 27.0 Å². The van der Waals surface area contributed by atoms with Crippen LogP contribution in [-0.4, -0.2) is 41.0 Å². The summed E-state index contributed by atoms with van der Waals surface area (Å²) in [6, 6.07) is 12.3. The normalized spacial score (nSPS) is 13.9. The van der Waals surface area contributed by atoms with Crippen LogP contribution in [-0.2, 0) is 0 Å². The quantitative estimate of drug-likeness (QED) is 0.521. The molecule has 32 heavy (non-hydrogen) atoms. The van der Waals surface area contributed by atoms with Crippen LogP contribution in [0.1, 0.15) is 60.2 Å². The molecular formula is C24H28BrN3O3S. The molecule has 1 aliphatic rings. The van der Waals surface area contributed by atoms with Gasteiger partial charge >= 0.3 is 0 Å². The number of nitrogens with one attached hydrogen (secondary N) is 2. The van der Waals surface area contributed by atoms with Gasteiger partial charge in [0.15, 0.2) is 5.11 Å². The number of hydrogen-bond acceptors (Lipinski definition) is 4. The number of halogens is 1. The Bertz CT molecular complexity index is 988. The van der Waals surface area contributed by atoms with Gasteiger partial charge in [0.2, 0.25) is 0 Å². The van der Waals surface area contributed by atoms with E-state index in [4.69, 9.17) is 17.0 Å². The van der Waals surface area contributed by atoms with E-state index >= 15 is 0 Å². The number of hydrogen-bond donors (Lipinski definition) is 2. The Morgan fingerprint density at radius 1 is 1.06 bits per heavy atom. The second-order valence-corrected chi connectivity index (χ2v) is 9.23. The van der Waals surface area contributed by atoms with Crippen molar-refractivity contribution in [1.29, 1.82) is 0 Å². The number of para-hydroxylation sites is 1. The molecule has 3 rings (SSSR count). The van der Waals surface area contributed by atoms with Crippen LogP contribution in [0.3, 0.4) is 0 Å². The zero-order valence-electron chi connectivity index (χ0n) is 18.3. The third-order valence-corrected chi connectivity index (χ3v) is 5.91. The molecule has 0 bridgehead atoms. The fourth-order valence-corrected chi connectivity index (χ4v) is 4.22. The molecule has 1 fully saturated rings. The molecule has 0 atom stereocenters. The van der Waals surface area contributed by atoms with Crippen molar-refractivity contribution in [2.24, 2.45) is 0 Å². The van der Waals surface area contributed by atoms with Crippen LogP contribution >= 0.6 is 28.1 Å². The number of benzene rings is 2. The van der Waals surface area contributed by atoms with Crippen LogP contribution in [0.5, 0.6) is 5.75 Å². The average molecular weight is 518 g/mol. The molecule has 2 amide bonds. The van der Waals surface area contributed by atoms with E-state index < -0.39 is 0 Å². The van der Waals surface area contributed by atoms with Gasteiger partial charge in [-0.15, -0.1) is 0 Å². The van der Waals surface area contributed by atoms with Crippen LogP contribution in [0.2, 0.25) is 0 Å². The van der Waals surface area contributed by atoms with Crippen molar-refractivity contribution in [2.75, 3.05) is 18.4 Å². The molecule has 0 radical (unpaired) electrons. The van der Waals surface area contributed by atoms with Crippen molar-refractivity contribution < 1.29 is 14.3 Å². The fourth-order valence-electron chi connectivity index (χ4n) is 3.54. The predicted molar refractivity (Wildman–Crippen MR) is 134 cm³/mol. The highest BCUT2D eigenvalue weighted by atomic mass is 79.9. The standard InChI is InChI=1S/C24H28BrN3O3S/c1-16(2)31-21-12-11-17(15-19(21)25)22(29)27-24(32)26-20-10-6-5-9-18(20)23(30)28-13-7-3-4-8-14-28/h5-6,9-12,15-16H,3-4,7-8,13-14H2,1-2H3,(H2,26,27,29,32). The lowest BCUT2D eigenvalue weighted by atomic mass is 10.1. The van der Waals surface area contributed by atoms with Crippen molar-refractivity contribution >= 4 is 50.8 Å². The van der Waals surface area contributed by atoms with Gasteiger partial charge in [-0.1, -0.05) is 25.0 Å². The first-order valence-corrected chi connectivity index (χ1v) is 12.0. The minimum Gasteiger partial charge on any atom is -0.490 e. The Labute approximate surface area is 202 Å². The lowest BCUT2D eigenvalue weighted by Gasteiger charge is -2.22. The Balaban J connectivity index is 1.67. The van der Waals surface area contributed by atoms with Gasteiger partial charge in [0, 0.05) is 18.7 Å². The maximum atomic E-state index is 13.1. The molecule has 0 aromatic heterocycles. The summed E-state index contributed by atoms with van der Waals surface area (Å²) in [6.45, 7) is 5.40. The van der Waals surface area contributed by atoms with Crippen LogP contribution in [0, 0.1) is 0 Å². The van der Waals surface area contributed by atoms with Crippen molar-refractivity contribution in [3.63, 3.8) is 0 Å². The highest BCUT2D eigenvalue weighted by molar-refractivity contribution is 9.10. The zero-order valence-corrected chi connectivity index (χ0v) is 20.7. The molecule has 2 N–H and O–H groups in total. The minimum atomic E-state index is -0.351. The lowest BCUT2D eigenvalue weighted by molar-refractivity contribution is 0.0762. The number of carbonyl (C=O) groups is 2. The van der Waals surface area contributed by atoms with Crippen LogP contribution in [0.15, 0.2) is 46.9 Å². The van der Waals surface area contributed by atoms with Gasteiger partial charge in [-0.3, -0.25) is 14.9 Å². The third-order valence-electron chi connectivity index (χ3n) is 5.08. The highest BCUT2D eigenvalue weighted by Crippen LogP contribution is 2.27. The first-order chi connectivity index (χ1) is 15.3. The zero-order chi connectivity index (χ0) is 23.1. The van der Waals surface area contributed by atoms with Gasteiger partial charge in [0.1, 0.15) is 5.75 Å². The lowest BCUT2D eigenvalue weighted by Crippen LogP contribution is -2.36. The van der Waals surface area contributed by atoms with E-state index in [2.05, 4.69) is 26.6 Å². The summed E-state index contributed by atoms with van der Waals surface area (Å²) in [5.41, 5.74) is 1.56. The first kappa shape index (κ1) is 24.2. The smallest absolute Gasteiger partial charge is 0.257 e. The molecule has 8 heteroatoms. The number of rotatable bonds is 5. The predicted octanol–water partition coefficient (Wildman–Crippen LogP) is 5.38. The molecule has 0 saturated carbocycles. The molecule has 0 aliphatic carbocycles. The van der Waals surface area contributed by atoms with E-state index in [1.807, 2.05) is 30.9 Å². The largest absolute Gasteiger partial charge is 0.490 e. The molecule has 0 unspecified atom stereocenters. The van der Waals surface area contributed by atoms with Gasteiger partial charge in [-0.25, -0.2) is 0 Å². The van der Waals surface area contributed by atoms with Crippen molar-refractivity contribution in [3.8, 4) is 5.75 Å². The van der Waals surface area contributed by atoms with Gasteiger partial charge in [0.25, 0.3) is 11.8 Å².